The second kappa shape index (κ2) is 4.85. The van der Waals surface area contributed by atoms with E-state index in [9.17, 15) is 4.39 Å². The molecule has 2 aromatic carbocycles. The van der Waals surface area contributed by atoms with E-state index in [-0.39, 0.29) is 10.8 Å². The zero-order valence-electron chi connectivity index (χ0n) is 8.90. The molecule has 0 saturated heterocycles. The molecule has 2 aromatic rings. The number of benzene rings is 2. The van der Waals surface area contributed by atoms with Crippen molar-refractivity contribution < 1.29 is 4.39 Å². The highest BCUT2D eigenvalue weighted by Crippen LogP contribution is 2.36. The van der Waals surface area contributed by atoms with E-state index in [1.165, 1.54) is 6.07 Å². The van der Waals surface area contributed by atoms with Gasteiger partial charge in [0.05, 0.1) is 15.1 Å². The molecule has 0 atom stereocenters. The predicted molar refractivity (Wildman–Crippen MR) is 71.6 cm³/mol. The Morgan fingerprint density at radius 3 is 2.12 bits per heavy atom. The van der Waals surface area contributed by atoms with Crippen molar-refractivity contribution in [2.75, 3.05) is 0 Å². The average molecular weight is 290 g/mol. The van der Waals surface area contributed by atoms with Crippen molar-refractivity contribution in [1.29, 1.82) is 0 Å². The van der Waals surface area contributed by atoms with E-state index in [1.54, 1.807) is 18.2 Å². The van der Waals surface area contributed by atoms with Crippen molar-refractivity contribution in [3.63, 3.8) is 0 Å². The van der Waals surface area contributed by atoms with Crippen LogP contribution in [-0.4, -0.2) is 0 Å². The molecular formula is C13H8Cl3F. The fourth-order valence-electron chi connectivity index (χ4n) is 1.70. The maximum atomic E-state index is 13.8. The molecule has 0 nitrogen and oxygen atoms in total. The smallest absolute Gasteiger partial charge is 0.131 e. The molecule has 4 heteroatoms. The third-order valence-electron chi connectivity index (χ3n) is 2.49. The summed E-state index contributed by atoms with van der Waals surface area (Å²) in [5.41, 5.74) is 1.94. The Morgan fingerprint density at radius 2 is 1.59 bits per heavy atom. The van der Waals surface area contributed by atoms with Crippen LogP contribution in [0.3, 0.4) is 0 Å². The minimum atomic E-state index is -0.306. The van der Waals surface area contributed by atoms with Crippen LogP contribution in [0.25, 0.3) is 11.1 Å². The van der Waals surface area contributed by atoms with Crippen molar-refractivity contribution in [2.24, 2.45) is 0 Å². The molecule has 0 amide bonds. The van der Waals surface area contributed by atoms with Gasteiger partial charge in [-0.25, -0.2) is 4.39 Å². The molecule has 88 valence electrons. The van der Waals surface area contributed by atoms with Crippen LogP contribution in [0.2, 0.25) is 15.1 Å². The van der Waals surface area contributed by atoms with Gasteiger partial charge in [0.2, 0.25) is 0 Å². The number of hydrogen-bond donors (Lipinski definition) is 0. The first kappa shape index (κ1) is 12.7. The van der Waals surface area contributed by atoms with Crippen LogP contribution in [0.5, 0.6) is 0 Å². The van der Waals surface area contributed by atoms with Gasteiger partial charge in [0, 0.05) is 5.56 Å². The summed E-state index contributed by atoms with van der Waals surface area (Å²) >= 11 is 17.7. The summed E-state index contributed by atoms with van der Waals surface area (Å²) in [6.07, 6.45) is 0. The molecule has 0 unspecified atom stereocenters. The van der Waals surface area contributed by atoms with Crippen LogP contribution in [-0.2, 0) is 0 Å². The van der Waals surface area contributed by atoms with Gasteiger partial charge in [-0.2, -0.15) is 0 Å². The summed E-state index contributed by atoms with van der Waals surface area (Å²) < 4.78 is 13.8. The van der Waals surface area contributed by atoms with Crippen molar-refractivity contribution in [3.8, 4) is 11.1 Å². The molecule has 0 spiro atoms. The highest BCUT2D eigenvalue weighted by molar-refractivity contribution is 6.48. The number of halogens is 4. The highest BCUT2D eigenvalue weighted by atomic mass is 35.5. The van der Waals surface area contributed by atoms with Crippen LogP contribution < -0.4 is 0 Å². The first-order chi connectivity index (χ1) is 8.00. The molecule has 0 fully saturated rings. The van der Waals surface area contributed by atoms with Gasteiger partial charge in [-0.15, -0.1) is 0 Å². The Labute approximate surface area is 114 Å². The number of aryl methyl sites for hydroxylation is 1. The molecule has 0 radical (unpaired) electrons. The maximum absolute atomic E-state index is 13.8. The topological polar surface area (TPSA) is 0 Å². The molecule has 0 aromatic heterocycles. The molecule has 0 saturated carbocycles. The normalized spacial score (nSPS) is 10.6. The summed E-state index contributed by atoms with van der Waals surface area (Å²) in [4.78, 5) is 0. The molecule has 0 bridgehead atoms. The Bertz CT molecular complexity index is 536. The van der Waals surface area contributed by atoms with Crippen molar-refractivity contribution in [2.45, 2.75) is 6.92 Å². The monoisotopic (exact) mass is 288 g/mol. The van der Waals surface area contributed by atoms with Gasteiger partial charge in [-0.05, 0) is 36.2 Å². The average Bonchev–Trinajstić information content (AvgIpc) is 2.25. The summed E-state index contributed by atoms with van der Waals surface area (Å²) in [6, 6.07) is 8.11. The minimum absolute atomic E-state index is 0.283. The molecule has 2 rings (SSSR count). The summed E-state index contributed by atoms with van der Waals surface area (Å²) in [5, 5.41) is 0.916. The Hall–Kier alpha value is -0.760. The summed E-state index contributed by atoms with van der Waals surface area (Å²) in [7, 11) is 0. The zero-order valence-corrected chi connectivity index (χ0v) is 11.2. The van der Waals surface area contributed by atoms with Crippen LogP contribution in [0, 0.1) is 12.7 Å². The van der Waals surface area contributed by atoms with Gasteiger partial charge in [-0.1, -0.05) is 46.9 Å². The SMILES string of the molecule is Cc1cccc(F)c1-c1cc(Cl)c(Cl)c(Cl)c1. The lowest BCUT2D eigenvalue weighted by molar-refractivity contribution is 0.630. The lowest BCUT2D eigenvalue weighted by Crippen LogP contribution is -1.89. The molecule has 0 aliphatic carbocycles. The zero-order chi connectivity index (χ0) is 12.6. The quantitative estimate of drug-likeness (QED) is 0.585. The van der Waals surface area contributed by atoms with Crippen molar-refractivity contribution in [3.05, 3.63) is 56.8 Å². The minimum Gasteiger partial charge on any atom is -0.206 e. The van der Waals surface area contributed by atoms with Crippen LogP contribution >= 0.6 is 34.8 Å². The Morgan fingerprint density at radius 1 is 1.00 bits per heavy atom. The standard InChI is InChI=1S/C13H8Cl3F/c1-7-3-2-4-11(17)12(7)8-5-9(14)13(16)10(15)6-8/h2-6H,1H3. The second-order valence-electron chi connectivity index (χ2n) is 3.69. The first-order valence-corrected chi connectivity index (χ1v) is 6.04. The second-order valence-corrected chi connectivity index (χ2v) is 4.88. The Balaban J connectivity index is 2.69. The van der Waals surface area contributed by atoms with Crippen LogP contribution in [0.4, 0.5) is 4.39 Å². The molecule has 0 aliphatic rings. The van der Waals surface area contributed by atoms with Crippen LogP contribution in [0.1, 0.15) is 5.56 Å². The van der Waals surface area contributed by atoms with E-state index in [2.05, 4.69) is 0 Å². The molecule has 0 heterocycles. The lowest BCUT2D eigenvalue weighted by atomic mass is 10.00. The number of hydrogen-bond acceptors (Lipinski definition) is 0. The molecule has 0 N–H and O–H groups in total. The van der Waals surface area contributed by atoms with Gasteiger partial charge in [-0.3, -0.25) is 0 Å². The fourth-order valence-corrected chi connectivity index (χ4v) is 2.29. The van der Waals surface area contributed by atoms with E-state index in [0.717, 1.165) is 5.56 Å². The summed E-state index contributed by atoms with van der Waals surface area (Å²) in [5.74, 6) is -0.306. The lowest BCUT2D eigenvalue weighted by Gasteiger charge is -2.09. The largest absolute Gasteiger partial charge is 0.206 e. The third-order valence-corrected chi connectivity index (χ3v) is 3.69. The maximum Gasteiger partial charge on any atom is 0.131 e. The third kappa shape index (κ3) is 2.42. The van der Waals surface area contributed by atoms with Crippen molar-refractivity contribution >= 4 is 34.8 Å². The van der Waals surface area contributed by atoms with Gasteiger partial charge in [0.25, 0.3) is 0 Å². The fraction of sp³-hybridized carbons (Fsp3) is 0.0769. The van der Waals surface area contributed by atoms with E-state index in [4.69, 9.17) is 34.8 Å². The highest BCUT2D eigenvalue weighted by Gasteiger charge is 2.12. The molecular weight excluding hydrogens is 282 g/mol. The molecule has 0 aliphatic heterocycles. The molecule has 17 heavy (non-hydrogen) atoms. The van der Waals surface area contributed by atoms with E-state index in [1.807, 2.05) is 13.0 Å². The van der Waals surface area contributed by atoms with Gasteiger partial charge in [0.15, 0.2) is 0 Å². The van der Waals surface area contributed by atoms with E-state index < -0.39 is 0 Å². The predicted octanol–water partition coefficient (Wildman–Crippen LogP) is 5.76. The van der Waals surface area contributed by atoms with Gasteiger partial charge < -0.3 is 0 Å². The number of rotatable bonds is 1. The van der Waals surface area contributed by atoms with Crippen LogP contribution in [0.15, 0.2) is 30.3 Å². The van der Waals surface area contributed by atoms with E-state index >= 15 is 0 Å². The Kier molecular flexibility index (Phi) is 3.62. The van der Waals surface area contributed by atoms with Crippen molar-refractivity contribution in [1.82, 2.24) is 0 Å². The van der Waals surface area contributed by atoms with Gasteiger partial charge in [0.1, 0.15) is 5.82 Å². The van der Waals surface area contributed by atoms with Gasteiger partial charge >= 0.3 is 0 Å². The van der Waals surface area contributed by atoms with E-state index in [0.29, 0.717) is 21.2 Å². The summed E-state index contributed by atoms with van der Waals surface area (Å²) in [6.45, 7) is 1.83. The first-order valence-electron chi connectivity index (χ1n) is 4.90.